The van der Waals surface area contributed by atoms with Crippen LogP contribution in [-0.2, 0) is 4.79 Å². The summed E-state index contributed by atoms with van der Waals surface area (Å²) in [6.07, 6.45) is 3.18. The van der Waals surface area contributed by atoms with Gasteiger partial charge in [-0.2, -0.15) is 0 Å². The first-order valence-electron chi connectivity index (χ1n) is 8.33. The number of nitrogens with zero attached hydrogens (tertiary/aromatic N) is 1. The molecule has 0 aliphatic carbocycles. The van der Waals surface area contributed by atoms with Crippen molar-refractivity contribution < 1.29 is 4.79 Å². The van der Waals surface area contributed by atoms with Gasteiger partial charge in [-0.3, -0.25) is 4.79 Å². The van der Waals surface area contributed by atoms with Gasteiger partial charge in [-0.15, -0.1) is 0 Å². The number of rotatable bonds is 2. The highest BCUT2D eigenvalue weighted by atomic mass is 16.2. The molecule has 1 amide bonds. The van der Waals surface area contributed by atoms with E-state index in [2.05, 4.69) is 52.7 Å². The Bertz CT molecular complexity index is 685. The molecule has 2 aliphatic heterocycles. The fourth-order valence-corrected chi connectivity index (χ4v) is 3.99. The lowest BCUT2D eigenvalue weighted by Crippen LogP contribution is -2.36. The highest BCUT2D eigenvalue weighted by Gasteiger charge is 2.35. The first-order chi connectivity index (χ1) is 10.8. The van der Waals surface area contributed by atoms with E-state index in [1.807, 2.05) is 0 Å². The third-order valence-corrected chi connectivity index (χ3v) is 5.13. The number of hydrogen-bond donors (Lipinski definition) is 1. The van der Waals surface area contributed by atoms with Crippen molar-refractivity contribution in [1.82, 2.24) is 10.2 Å². The normalized spacial score (nSPS) is 25.0. The summed E-state index contributed by atoms with van der Waals surface area (Å²) < 4.78 is 0. The number of carbonyl (C=O) groups excluding carboxylic acids is 1. The molecule has 114 valence electrons. The Morgan fingerprint density at radius 2 is 1.95 bits per heavy atom. The van der Waals surface area contributed by atoms with Crippen LogP contribution in [0.2, 0.25) is 0 Å². The predicted molar refractivity (Wildman–Crippen MR) is 88.6 cm³/mol. The molecule has 0 spiro atoms. The van der Waals surface area contributed by atoms with E-state index in [0.717, 1.165) is 38.9 Å². The largest absolute Gasteiger partial charge is 0.335 e. The molecule has 22 heavy (non-hydrogen) atoms. The first kappa shape index (κ1) is 13.8. The van der Waals surface area contributed by atoms with Gasteiger partial charge in [0.2, 0.25) is 5.91 Å². The standard InChI is InChI=1S/C19H22N2O/c22-19(15-10-11-20-13-15)21-12-4-9-18(21)17-8-3-6-14-5-1-2-7-16(14)17/h1-3,5-8,15,18,20H,4,9-13H2. The van der Waals surface area contributed by atoms with E-state index in [1.54, 1.807) is 0 Å². The molecule has 2 heterocycles. The summed E-state index contributed by atoms with van der Waals surface area (Å²) in [4.78, 5) is 15.0. The van der Waals surface area contributed by atoms with E-state index >= 15 is 0 Å². The van der Waals surface area contributed by atoms with Crippen LogP contribution >= 0.6 is 0 Å². The van der Waals surface area contributed by atoms with E-state index in [-0.39, 0.29) is 12.0 Å². The molecular formula is C19H22N2O. The molecule has 4 rings (SSSR count). The van der Waals surface area contributed by atoms with Crippen LogP contribution in [0.25, 0.3) is 10.8 Å². The zero-order valence-corrected chi connectivity index (χ0v) is 12.8. The van der Waals surface area contributed by atoms with Crippen LogP contribution in [0.3, 0.4) is 0 Å². The van der Waals surface area contributed by atoms with Crippen molar-refractivity contribution >= 4 is 16.7 Å². The van der Waals surface area contributed by atoms with Crippen molar-refractivity contribution in [2.24, 2.45) is 5.92 Å². The molecule has 0 radical (unpaired) electrons. The second kappa shape index (κ2) is 5.73. The second-order valence-electron chi connectivity index (χ2n) is 6.45. The van der Waals surface area contributed by atoms with E-state index < -0.39 is 0 Å². The third kappa shape index (κ3) is 2.30. The van der Waals surface area contributed by atoms with Crippen molar-refractivity contribution in [1.29, 1.82) is 0 Å². The number of amides is 1. The van der Waals surface area contributed by atoms with Gasteiger partial charge in [0.15, 0.2) is 0 Å². The molecule has 3 heteroatoms. The second-order valence-corrected chi connectivity index (χ2v) is 6.45. The van der Waals surface area contributed by atoms with Gasteiger partial charge in [0.25, 0.3) is 0 Å². The van der Waals surface area contributed by atoms with Crippen LogP contribution in [-0.4, -0.2) is 30.4 Å². The van der Waals surface area contributed by atoms with Crippen LogP contribution in [0.4, 0.5) is 0 Å². The van der Waals surface area contributed by atoms with Crippen molar-refractivity contribution in [3.05, 3.63) is 48.0 Å². The monoisotopic (exact) mass is 294 g/mol. The molecule has 2 unspecified atom stereocenters. The highest BCUT2D eigenvalue weighted by Crippen LogP contribution is 2.37. The Hall–Kier alpha value is -1.87. The number of fused-ring (bicyclic) bond motifs is 1. The Kier molecular flexibility index (Phi) is 3.59. The zero-order valence-electron chi connectivity index (χ0n) is 12.8. The molecule has 2 saturated heterocycles. The van der Waals surface area contributed by atoms with Gasteiger partial charge in [-0.05, 0) is 42.1 Å². The molecule has 0 saturated carbocycles. The Morgan fingerprint density at radius 3 is 2.82 bits per heavy atom. The van der Waals surface area contributed by atoms with Gasteiger partial charge >= 0.3 is 0 Å². The van der Waals surface area contributed by atoms with Crippen LogP contribution in [0.1, 0.15) is 30.9 Å². The Labute approximate surface area is 131 Å². The minimum Gasteiger partial charge on any atom is -0.335 e. The lowest BCUT2D eigenvalue weighted by atomic mass is 9.96. The Balaban J connectivity index is 1.69. The van der Waals surface area contributed by atoms with Crippen molar-refractivity contribution in [2.45, 2.75) is 25.3 Å². The minimum atomic E-state index is 0.176. The van der Waals surface area contributed by atoms with Crippen molar-refractivity contribution in [3.63, 3.8) is 0 Å². The van der Waals surface area contributed by atoms with Gasteiger partial charge in [0.05, 0.1) is 12.0 Å². The van der Waals surface area contributed by atoms with Crippen LogP contribution < -0.4 is 5.32 Å². The van der Waals surface area contributed by atoms with Gasteiger partial charge in [-0.1, -0.05) is 42.5 Å². The Morgan fingerprint density at radius 1 is 1.09 bits per heavy atom. The van der Waals surface area contributed by atoms with Crippen LogP contribution in [0.5, 0.6) is 0 Å². The molecule has 0 aromatic heterocycles. The van der Waals surface area contributed by atoms with Gasteiger partial charge in [-0.25, -0.2) is 0 Å². The molecule has 0 bridgehead atoms. The summed E-state index contributed by atoms with van der Waals surface area (Å²) in [5.41, 5.74) is 1.31. The van der Waals surface area contributed by atoms with E-state index in [4.69, 9.17) is 0 Å². The fourth-order valence-electron chi connectivity index (χ4n) is 3.99. The van der Waals surface area contributed by atoms with Crippen LogP contribution in [0.15, 0.2) is 42.5 Å². The summed E-state index contributed by atoms with van der Waals surface area (Å²) >= 11 is 0. The van der Waals surface area contributed by atoms with E-state index in [9.17, 15) is 4.79 Å². The fraction of sp³-hybridized carbons (Fsp3) is 0.421. The average molecular weight is 294 g/mol. The lowest BCUT2D eigenvalue weighted by molar-refractivity contribution is -0.135. The van der Waals surface area contributed by atoms with Gasteiger partial charge in [0, 0.05) is 13.1 Å². The third-order valence-electron chi connectivity index (χ3n) is 5.13. The predicted octanol–water partition coefficient (Wildman–Crippen LogP) is 3.11. The summed E-state index contributed by atoms with van der Waals surface area (Å²) in [7, 11) is 0. The van der Waals surface area contributed by atoms with Gasteiger partial charge < -0.3 is 10.2 Å². The summed E-state index contributed by atoms with van der Waals surface area (Å²) in [6.45, 7) is 2.73. The first-order valence-corrected chi connectivity index (χ1v) is 8.33. The molecular weight excluding hydrogens is 272 g/mol. The van der Waals surface area contributed by atoms with Crippen LogP contribution in [0, 0.1) is 5.92 Å². The maximum absolute atomic E-state index is 12.9. The molecule has 1 N–H and O–H groups in total. The quantitative estimate of drug-likeness (QED) is 0.923. The van der Waals surface area contributed by atoms with Crippen molar-refractivity contribution in [2.75, 3.05) is 19.6 Å². The van der Waals surface area contributed by atoms with Gasteiger partial charge in [0.1, 0.15) is 0 Å². The summed E-state index contributed by atoms with van der Waals surface area (Å²) in [5.74, 6) is 0.524. The van der Waals surface area contributed by atoms with Crippen molar-refractivity contribution in [3.8, 4) is 0 Å². The minimum absolute atomic E-state index is 0.176. The lowest BCUT2D eigenvalue weighted by Gasteiger charge is -2.28. The number of carbonyl (C=O) groups is 1. The molecule has 3 nitrogen and oxygen atoms in total. The zero-order chi connectivity index (χ0) is 14.9. The summed E-state index contributed by atoms with van der Waals surface area (Å²) in [6, 6.07) is 15.2. The summed E-state index contributed by atoms with van der Waals surface area (Å²) in [5, 5.41) is 5.87. The highest BCUT2D eigenvalue weighted by molar-refractivity contribution is 5.87. The smallest absolute Gasteiger partial charge is 0.227 e. The molecule has 2 atom stereocenters. The number of benzene rings is 2. The number of hydrogen-bond acceptors (Lipinski definition) is 2. The maximum Gasteiger partial charge on any atom is 0.227 e. The topological polar surface area (TPSA) is 32.3 Å². The number of likely N-dealkylation sites (tertiary alicyclic amines) is 1. The molecule has 2 fully saturated rings. The SMILES string of the molecule is O=C(C1CCNC1)N1CCCC1c1cccc2ccccc12. The number of nitrogens with one attached hydrogen (secondary N) is 1. The van der Waals surface area contributed by atoms with E-state index in [0.29, 0.717) is 5.91 Å². The molecule has 2 aromatic rings. The molecule has 2 aliphatic rings. The maximum atomic E-state index is 12.9. The van der Waals surface area contributed by atoms with E-state index in [1.165, 1.54) is 16.3 Å². The molecule has 2 aromatic carbocycles. The average Bonchev–Trinajstić information content (AvgIpc) is 3.25.